The van der Waals surface area contributed by atoms with Crippen LogP contribution in [0.1, 0.15) is 21.6 Å². The minimum absolute atomic E-state index is 0.0555. The number of ether oxygens (including phenoxy) is 1. The SMILES string of the molecule is COC(=O)c1ccc(-c2cc(C(F)(F)F)cc(S(=O)(=O)NCCc3cccc(F)c3)c2)cn1. The van der Waals surface area contributed by atoms with Crippen LogP contribution in [0.5, 0.6) is 0 Å². The number of carbonyl (C=O) groups excluding carboxylic acids is 1. The van der Waals surface area contributed by atoms with Gasteiger partial charge in [-0.2, -0.15) is 13.2 Å². The van der Waals surface area contributed by atoms with E-state index in [0.29, 0.717) is 11.6 Å². The van der Waals surface area contributed by atoms with Gasteiger partial charge < -0.3 is 4.74 Å². The second-order valence-electron chi connectivity index (χ2n) is 6.95. The normalized spacial score (nSPS) is 11.9. The number of sulfonamides is 1. The van der Waals surface area contributed by atoms with Crippen LogP contribution in [0.2, 0.25) is 0 Å². The molecular formula is C22H18F4N2O4S. The fraction of sp³-hybridized carbons (Fsp3) is 0.182. The molecule has 6 nitrogen and oxygen atoms in total. The summed E-state index contributed by atoms with van der Waals surface area (Å²) in [4.78, 5) is 14.8. The van der Waals surface area contributed by atoms with E-state index in [4.69, 9.17) is 0 Å². The number of alkyl halides is 3. The average Bonchev–Trinajstić information content (AvgIpc) is 2.77. The molecule has 0 aliphatic heterocycles. The van der Waals surface area contributed by atoms with Gasteiger partial charge in [0.1, 0.15) is 11.5 Å². The number of nitrogens with zero attached hydrogens (tertiary/aromatic N) is 1. The Kier molecular flexibility index (Phi) is 7.13. The van der Waals surface area contributed by atoms with E-state index >= 15 is 0 Å². The number of pyridine rings is 1. The largest absolute Gasteiger partial charge is 0.464 e. The fourth-order valence-corrected chi connectivity index (χ4v) is 4.08. The van der Waals surface area contributed by atoms with Crippen molar-refractivity contribution >= 4 is 16.0 Å². The van der Waals surface area contributed by atoms with Crippen molar-refractivity contribution in [2.24, 2.45) is 0 Å². The van der Waals surface area contributed by atoms with Gasteiger partial charge >= 0.3 is 12.1 Å². The van der Waals surface area contributed by atoms with Crippen LogP contribution in [-0.2, 0) is 27.4 Å². The number of benzene rings is 2. The molecule has 0 atom stereocenters. The first-order valence-corrected chi connectivity index (χ1v) is 11.0. The Bertz CT molecular complexity index is 1260. The van der Waals surface area contributed by atoms with E-state index in [1.165, 1.54) is 30.3 Å². The number of esters is 1. The van der Waals surface area contributed by atoms with Crippen molar-refractivity contribution in [3.8, 4) is 11.1 Å². The molecule has 0 aliphatic carbocycles. The van der Waals surface area contributed by atoms with Crippen molar-refractivity contribution in [1.82, 2.24) is 9.71 Å². The lowest BCUT2D eigenvalue weighted by molar-refractivity contribution is -0.137. The summed E-state index contributed by atoms with van der Waals surface area (Å²) in [7, 11) is -3.16. The minimum atomic E-state index is -4.80. The molecular weight excluding hydrogens is 464 g/mol. The van der Waals surface area contributed by atoms with Gasteiger partial charge in [-0.3, -0.25) is 0 Å². The van der Waals surface area contributed by atoms with Gasteiger partial charge in [-0.1, -0.05) is 18.2 Å². The second-order valence-corrected chi connectivity index (χ2v) is 8.71. The van der Waals surface area contributed by atoms with Crippen molar-refractivity contribution in [2.45, 2.75) is 17.5 Å². The lowest BCUT2D eigenvalue weighted by Gasteiger charge is -2.14. The summed E-state index contributed by atoms with van der Waals surface area (Å²) in [5, 5.41) is 0. The standard InChI is InChI=1S/C22H18F4N2O4S/c1-32-21(29)20-6-5-15(13-27-20)16-10-17(22(24,25)26)12-19(11-16)33(30,31)28-8-7-14-3-2-4-18(23)9-14/h2-6,9-13,28H,7-8H2,1H3. The van der Waals surface area contributed by atoms with Gasteiger partial charge in [0, 0.05) is 18.3 Å². The van der Waals surface area contributed by atoms with Crippen LogP contribution in [0.3, 0.4) is 0 Å². The Morgan fingerprint density at radius 2 is 1.82 bits per heavy atom. The van der Waals surface area contributed by atoms with E-state index in [0.717, 1.165) is 25.4 Å². The van der Waals surface area contributed by atoms with Crippen LogP contribution in [-0.4, -0.2) is 33.0 Å². The van der Waals surface area contributed by atoms with Gasteiger partial charge in [0.25, 0.3) is 0 Å². The molecule has 1 N–H and O–H groups in total. The first-order chi connectivity index (χ1) is 15.5. The maximum Gasteiger partial charge on any atom is 0.416 e. The Labute approximate surface area is 187 Å². The van der Waals surface area contributed by atoms with Crippen LogP contribution in [0, 0.1) is 5.82 Å². The van der Waals surface area contributed by atoms with Crippen molar-refractivity contribution in [3.05, 3.63) is 83.4 Å². The molecule has 1 aromatic heterocycles. The second kappa shape index (κ2) is 9.67. The predicted molar refractivity (Wildman–Crippen MR) is 111 cm³/mol. The summed E-state index contributed by atoms with van der Waals surface area (Å²) in [6.45, 7) is -0.146. The van der Waals surface area contributed by atoms with E-state index in [-0.39, 0.29) is 29.8 Å². The summed E-state index contributed by atoms with van der Waals surface area (Å²) < 4.78 is 85.8. The first-order valence-electron chi connectivity index (χ1n) is 9.51. The Balaban J connectivity index is 1.91. The molecule has 0 saturated heterocycles. The van der Waals surface area contributed by atoms with E-state index in [9.17, 15) is 30.8 Å². The Hall–Kier alpha value is -3.31. The molecule has 3 aromatic rings. The summed E-state index contributed by atoms with van der Waals surface area (Å²) in [5.41, 5.74) is -0.578. The minimum Gasteiger partial charge on any atom is -0.464 e. The number of hydrogen-bond acceptors (Lipinski definition) is 5. The molecule has 0 saturated carbocycles. The van der Waals surface area contributed by atoms with E-state index in [2.05, 4.69) is 14.4 Å². The summed E-state index contributed by atoms with van der Waals surface area (Å²) in [6, 6.07) is 10.5. The molecule has 0 fully saturated rings. The Morgan fingerprint density at radius 3 is 2.42 bits per heavy atom. The van der Waals surface area contributed by atoms with Crippen LogP contribution in [0.15, 0.2) is 65.7 Å². The summed E-state index contributed by atoms with van der Waals surface area (Å²) in [5.74, 6) is -1.21. The predicted octanol–water partition coefficient (Wildman–Crippen LogP) is 4.21. The van der Waals surface area contributed by atoms with Gasteiger partial charge in [-0.05, 0) is 53.9 Å². The van der Waals surface area contributed by atoms with Crippen molar-refractivity contribution in [3.63, 3.8) is 0 Å². The monoisotopic (exact) mass is 482 g/mol. The van der Waals surface area contributed by atoms with Crippen LogP contribution in [0.25, 0.3) is 11.1 Å². The van der Waals surface area contributed by atoms with Gasteiger partial charge in [0.15, 0.2) is 0 Å². The summed E-state index contributed by atoms with van der Waals surface area (Å²) >= 11 is 0. The van der Waals surface area contributed by atoms with E-state index in [1.54, 1.807) is 6.07 Å². The highest BCUT2D eigenvalue weighted by atomic mass is 32.2. The van der Waals surface area contributed by atoms with Crippen molar-refractivity contribution in [1.29, 1.82) is 0 Å². The zero-order valence-electron chi connectivity index (χ0n) is 17.2. The third-order valence-corrected chi connectivity index (χ3v) is 6.07. The quantitative estimate of drug-likeness (QED) is 0.403. The molecule has 11 heteroatoms. The van der Waals surface area contributed by atoms with Crippen LogP contribution >= 0.6 is 0 Å². The lowest BCUT2D eigenvalue weighted by Crippen LogP contribution is -2.26. The lowest BCUT2D eigenvalue weighted by atomic mass is 10.0. The number of carbonyl (C=O) groups is 1. The molecule has 0 spiro atoms. The van der Waals surface area contributed by atoms with Crippen LogP contribution in [0.4, 0.5) is 17.6 Å². The zero-order valence-corrected chi connectivity index (χ0v) is 18.0. The molecule has 0 unspecified atom stereocenters. The van der Waals surface area contributed by atoms with E-state index < -0.39 is 38.4 Å². The number of methoxy groups -OCH3 is 1. The smallest absolute Gasteiger partial charge is 0.416 e. The maximum atomic E-state index is 13.5. The van der Waals surface area contributed by atoms with Gasteiger partial charge in [0.05, 0.1) is 17.6 Å². The average molecular weight is 482 g/mol. The van der Waals surface area contributed by atoms with Crippen LogP contribution < -0.4 is 4.72 Å². The molecule has 0 aliphatic rings. The number of halogens is 4. The number of hydrogen-bond donors (Lipinski definition) is 1. The number of nitrogens with one attached hydrogen (secondary N) is 1. The molecule has 3 rings (SSSR count). The molecule has 1 heterocycles. The van der Waals surface area contributed by atoms with Crippen molar-refractivity contribution in [2.75, 3.05) is 13.7 Å². The summed E-state index contributed by atoms with van der Waals surface area (Å²) in [6.07, 6.45) is -3.52. The molecule has 0 radical (unpaired) electrons. The van der Waals surface area contributed by atoms with E-state index in [1.807, 2.05) is 0 Å². The van der Waals surface area contributed by atoms with Gasteiger partial charge in [0.2, 0.25) is 10.0 Å². The highest BCUT2D eigenvalue weighted by Gasteiger charge is 2.32. The number of rotatable bonds is 7. The third kappa shape index (κ3) is 6.14. The number of aromatic nitrogens is 1. The molecule has 0 amide bonds. The molecule has 33 heavy (non-hydrogen) atoms. The molecule has 2 aromatic carbocycles. The molecule has 0 bridgehead atoms. The maximum absolute atomic E-state index is 13.5. The highest BCUT2D eigenvalue weighted by molar-refractivity contribution is 7.89. The topological polar surface area (TPSA) is 85.4 Å². The highest BCUT2D eigenvalue weighted by Crippen LogP contribution is 2.34. The fourth-order valence-electron chi connectivity index (χ4n) is 2.98. The first kappa shape index (κ1) is 24.3. The molecule has 174 valence electrons. The van der Waals surface area contributed by atoms with Gasteiger partial charge in [-0.15, -0.1) is 0 Å². The zero-order chi connectivity index (χ0) is 24.2. The third-order valence-electron chi connectivity index (χ3n) is 4.63. The Morgan fingerprint density at radius 1 is 1.06 bits per heavy atom. The van der Waals surface area contributed by atoms with Crippen molar-refractivity contribution < 1.29 is 35.5 Å². The van der Waals surface area contributed by atoms with Gasteiger partial charge in [-0.25, -0.2) is 27.3 Å².